The van der Waals surface area contributed by atoms with E-state index in [0.29, 0.717) is 19.2 Å². The quantitative estimate of drug-likeness (QED) is 0.536. The van der Waals surface area contributed by atoms with Gasteiger partial charge in [0.2, 0.25) is 5.95 Å². The van der Waals surface area contributed by atoms with E-state index in [0.717, 1.165) is 19.3 Å². The molecule has 6 heteroatoms. The number of hydrogen-bond donors (Lipinski definition) is 1. The first-order chi connectivity index (χ1) is 8.80. The Hall–Kier alpha value is -1.85. The fourth-order valence-electron chi connectivity index (χ4n) is 1.16. The van der Waals surface area contributed by atoms with E-state index >= 15 is 0 Å². The zero-order valence-corrected chi connectivity index (χ0v) is 11.0. The molecule has 0 aliphatic carbocycles. The van der Waals surface area contributed by atoms with E-state index in [1.54, 1.807) is 7.05 Å². The van der Waals surface area contributed by atoms with Crippen LogP contribution in [-0.4, -0.2) is 35.2 Å². The lowest BCUT2D eigenvalue weighted by molar-refractivity contribution is 0.260. The molecule has 0 atom stereocenters. The number of anilines is 1. The summed E-state index contributed by atoms with van der Waals surface area (Å²) in [5.41, 5.74) is 0. The van der Waals surface area contributed by atoms with Crippen molar-refractivity contribution in [3.63, 3.8) is 0 Å². The summed E-state index contributed by atoms with van der Waals surface area (Å²) in [4.78, 5) is 12.3. The van der Waals surface area contributed by atoms with Gasteiger partial charge in [0.25, 0.3) is 0 Å². The average Bonchev–Trinajstić information content (AvgIpc) is 2.41. The van der Waals surface area contributed by atoms with Gasteiger partial charge in [-0.15, -0.1) is 11.6 Å². The summed E-state index contributed by atoms with van der Waals surface area (Å²) in [5, 5.41) is 2.85. The summed E-state index contributed by atoms with van der Waals surface area (Å²) in [6.45, 7) is 6.79. The topological polar surface area (TPSA) is 69.2 Å². The summed E-state index contributed by atoms with van der Waals surface area (Å²) >= 11 is 0. The first-order valence-corrected chi connectivity index (χ1v) is 6.10. The summed E-state index contributed by atoms with van der Waals surface area (Å²) in [6.07, 6.45) is 4.54. The maximum atomic E-state index is 5.44. The van der Waals surface area contributed by atoms with Crippen LogP contribution in [0.2, 0.25) is 0 Å². The lowest BCUT2D eigenvalue weighted by Crippen LogP contribution is -2.08. The summed E-state index contributed by atoms with van der Waals surface area (Å²) in [6, 6.07) is 0.569. The molecule has 0 aliphatic heterocycles. The smallest absolute Gasteiger partial charge is 0.324 e. The largest absolute Gasteiger partial charge is 0.463 e. The summed E-state index contributed by atoms with van der Waals surface area (Å²) < 4.78 is 10.8. The molecule has 0 bridgehead atoms. The standard InChI is InChI=1S/C12H20N4O2/c1-4-6-7-9-18-12-15-10(13-3)14-11(16-12)17-8-5-2/h4H,1,5-9H2,2-3H3,(H,13,14,15,16). The second kappa shape index (κ2) is 8.27. The minimum Gasteiger partial charge on any atom is -0.463 e. The van der Waals surface area contributed by atoms with Crippen molar-refractivity contribution in [3.8, 4) is 12.0 Å². The van der Waals surface area contributed by atoms with E-state index in [1.165, 1.54) is 0 Å². The van der Waals surface area contributed by atoms with Crippen molar-refractivity contribution >= 4 is 5.95 Å². The molecule has 18 heavy (non-hydrogen) atoms. The third-order valence-corrected chi connectivity index (χ3v) is 2.04. The average molecular weight is 252 g/mol. The highest BCUT2D eigenvalue weighted by Gasteiger charge is 2.07. The second-order valence-corrected chi connectivity index (χ2v) is 3.60. The Balaban J connectivity index is 2.61. The molecule has 100 valence electrons. The van der Waals surface area contributed by atoms with Gasteiger partial charge in [-0.1, -0.05) is 13.0 Å². The molecule has 1 N–H and O–H groups in total. The number of hydrogen-bond acceptors (Lipinski definition) is 6. The van der Waals surface area contributed by atoms with Crippen molar-refractivity contribution in [3.05, 3.63) is 12.7 Å². The third-order valence-electron chi connectivity index (χ3n) is 2.04. The van der Waals surface area contributed by atoms with Gasteiger partial charge in [-0.25, -0.2) is 0 Å². The van der Waals surface area contributed by atoms with Crippen molar-refractivity contribution in [1.29, 1.82) is 0 Å². The van der Waals surface area contributed by atoms with Crippen LogP contribution in [0.5, 0.6) is 12.0 Å². The number of allylic oxidation sites excluding steroid dienone is 1. The van der Waals surface area contributed by atoms with Crippen LogP contribution in [0.1, 0.15) is 26.2 Å². The Kier molecular flexibility index (Phi) is 6.53. The van der Waals surface area contributed by atoms with Crippen molar-refractivity contribution in [1.82, 2.24) is 15.0 Å². The minimum absolute atomic E-state index is 0.282. The number of unbranched alkanes of at least 4 members (excludes halogenated alkanes) is 1. The zero-order chi connectivity index (χ0) is 13.2. The molecule has 0 saturated heterocycles. The van der Waals surface area contributed by atoms with E-state index in [2.05, 4.69) is 26.8 Å². The summed E-state index contributed by atoms with van der Waals surface area (Å²) in [7, 11) is 1.74. The fourth-order valence-corrected chi connectivity index (χ4v) is 1.16. The number of ether oxygens (including phenoxy) is 2. The molecule has 0 spiro atoms. The van der Waals surface area contributed by atoms with E-state index in [4.69, 9.17) is 9.47 Å². The van der Waals surface area contributed by atoms with Crippen LogP contribution >= 0.6 is 0 Å². The highest BCUT2D eigenvalue weighted by molar-refractivity contribution is 5.26. The molecule has 0 saturated carbocycles. The van der Waals surface area contributed by atoms with Crippen molar-refractivity contribution in [2.75, 3.05) is 25.6 Å². The molecule has 0 aliphatic rings. The Labute approximate surface area is 107 Å². The van der Waals surface area contributed by atoms with Gasteiger partial charge in [0.1, 0.15) is 0 Å². The molecule has 0 unspecified atom stereocenters. The Bertz CT molecular complexity index is 371. The Morgan fingerprint density at radius 1 is 1.17 bits per heavy atom. The van der Waals surface area contributed by atoms with E-state index in [-0.39, 0.29) is 12.0 Å². The van der Waals surface area contributed by atoms with Gasteiger partial charge in [0.05, 0.1) is 13.2 Å². The van der Waals surface area contributed by atoms with Crippen LogP contribution in [0, 0.1) is 0 Å². The van der Waals surface area contributed by atoms with Crippen LogP contribution in [0.3, 0.4) is 0 Å². The monoisotopic (exact) mass is 252 g/mol. The first-order valence-electron chi connectivity index (χ1n) is 6.10. The molecule has 0 radical (unpaired) electrons. The maximum Gasteiger partial charge on any atom is 0.324 e. The predicted octanol–water partition coefficient (Wildman–Crippen LogP) is 2.05. The van der Waals surface area contributed by atoms with Crippen LogP contribution in [0.25, 0.3) is 0 Å². The van der Waals surface area contributed by atoms with Crippen molar-refractivity contribution < 1.29 is 9.47 Å². The second-order valence-electron chi connectivity index (χ2n) is 3.60. The molecule has 0 fully saturated rings. The molecule has 1 heterocycles. The highest BCUT2D eigenvalue weighted by atomic mass is 16.5. The van der Waals surface area contributed by atoms with Gasteiger partial charge in [0.15, 0.2) is 0 Å². The lowest BCUT2D eigenvalue weighted by atomic mass is 10.3. The van der Waals surface area contributed by atoms with Gasteiger partial charge in [0, 0.05) is 7.05 Å². The van der Waals surface area contributed by atoms with Gasteiger partial charge in [-0.3, -0.25) is 0 Å². The normalized spacial score (nSPS) is 9.89. The Morgan fingerprint density at radius 2 is 1.83 bits per heavy atom. The Morgan fingerprint density at radius 3 is 2.39 bits per heavy atom. The number of nitrogens with one attached hydrogen (secondary N) is 1. The molecule has 1 aromatic rings. The van der Waals surface area contributed by atoms with Crippen LogP contribution in [0.15, 0.2) is 12.7 Å². The van der Waals surface area contributed by atoms with E-state index in [1.807, 2.05) is 13.0 Å². The van der Waals surface area contributed by atoms with Gasteiger partial charge < -0.3 is 14.8 Å². The number of nitrogens with zero attached hydrogens (tertiary/aromatic N) is 3. The first kappa shape index (κ1) is 14.2. The molecule has 6 nitrogen and oxygen atoms in total. The third kappa shape index (κ3) is 4.99. The molecule has 0 amide bonds. The SMILES string of the molecule is C=CCCCOc1nc(NC)nc(OCCC)n1. The van der Waals surface area contributed by atoms with Gasteiger partial charge >= 0.3 is 12.0 Å². The van der Waals surface area contributed by atoms with E-state index in [9.17, 15) is 0 Å². The minimum atomic E-state index is 0.282. The van der Waals surface area contributed by atoms with E-state index < -0.39 is 0 Å². The zero-order valence-electron chi connectivity index (χ0n) is 11.0. The molecular weight excluding hydrogens is 232 g/mol. The predicted molar refractivity (Wildman–Crippen MR) is 70.1 cm³/mol. The van der Waals surface area contributed by atoms with Crippen molar-refractivity contribution in [2.24, 2.45) is 0 Å². The van der Waals surface area contributed by atoms with Crippen LogP contribution in [0.4, 0.5) is 5.95 Å². The van der Waals surface area contributed by atoms with Crippen LogP contribution < -0.4 is 14.8 Å². The summed E-state index contributed by atoms with van der Waals surface area (Å²) in [5.74, 6) is 0.440. The van der Waals surface area contributed by atoms with Gasteiger partial charge in [-0.2, -0.15) is 9.97 Å². The highest BCUT2D eigenvalue weighted by Crippen LogP contribution is 2.13. The fraction of sp³-hybridized carbons (Fsp3) is 0.583. The number of rotatable bonds is 9. The lowest BCUT2D eigenvalue weighted by Gasteiger charge is -2.08. The molecular formula is C12H20N4O2. The van der Waals surface area contributed by atoms with Crippen molar-refractivity contribution in [2.45, 2.75) is 26.2 Å². The van der Waals surface area contributed by atoms with Gasteiger partial charge in [-0.05, 0) is 19.3 Å². The maximum absolute atomic E-state index is 5.44. The number of aromatic nitrogens is 3. The molecule has 1 rings (SSSR count). The molecule has 1 aromatic heterocycles. The molecule has 0 aromatic carbocycles. The van der Waals surface area contributed by atoms with Crippen LogP contribution in [-0.2, 0) is 0 Å².